The first-order valence-corrected chi connectivity index (χ1v) is 7.13. The van der Waals surface area contributed by atoms with E-state index in [1.165, 1.54) is 24.8 Å². The summed E-state index contributed by atoms with van der Waals surface area (Å²) in [5.74, 6) is 2.39. The Morgan fingerprint density at radius 1 is 1.05 bits per heavy atom. The van der Waals surface area contributed by atoms with Gasteiger partial charge in [-0.05, 0) is 35.4 Å². The highest BCUT2D eigenvalue weighted by molar-refractivity contribution is 5.44. The van der Waals surface area contributed by atoms with E-state index in [0.717, 1.165) is 17.4 Å². The van der Waals surface area contributed by atoms with Crippen LogP contribution in [0.4, 0.5) is 0 Å². The second kappa shape index (κ2) is 6.83. The molecule has 1 rings (SSSR count). The molecule has 0 aliphatic heterocycles. The molecule has 19 heavy (non-hydrogen) atoms. The Morgan fingerprint density at radius 3 is 2.21 bits per heavy atom. The first-order valence-electron chi connectivity index (χ1n) is 7.13. The molecule has 0 heterocycles. The third kappa shape index (κ3) is 4.45. The highest BCUT2D eigenvalue weighted by atomic mass is 16.5. The minimum absolute atomic E-state index is 0.175. The van der Waals surface area contributed by atoms with Crippen LogP contribution < -0.4 is 9.47 Å². The van der Waals surface area contributed by atoms with Crippen molar-refractivity contribution >= 4 is 0 Å². The normalized spacial score (nSPS) is 11.7. The monoisotopic (exact) mass is 264 g/mol. The van der Waals surface area contributed by atoms with Gasteiger partial charge in [0.25, 0.3) is 0 Å². The maximum absolute atomic E-state index is 5.39. The molecule has 0 fully saturated rings. The molecule has 0 amide bonds. The Morgan fingerprint density at radius 2 is 1.68 bits per heavy atom. The fourth-order valence-corrected chi connectivity index (χ4v) is 2.35. The zero-order valence-electron chi connectivity index (χ0n) is 13.2. The van der Waals surface area contributed by atoms with Gasteiger partial charge in [-0.1, -0.05) is 46.6 Å². The van der Waals surface area contributed by atoms with Crippen LogP contribution in [0.5, 0.6) is 11.5 Å². The molecule has 1 aromatic carbocycles. The number of ether oxygens (including phenoxy) is 2. The van der Waals surface area contributed by atoms with E-state index < -0.39 is 0 Å². The molecule has 2 nitrogen and oxygen atoms in total. The Bertz CT molecular complexity index is 394. The maximum atomic E-state index is 5.39. The lowest BCUT2D eigenvalue weighted by Crippen LogP contribution is -2.17. The molecule has 0 saturated heterocycles. The molecule has 2 heteroatoms. The van der Waals surface area contributed by atoms with Crippen LogP contribution in [0.15, 0.2) is 18.2 Å². The van der Waals surface area contributed by atoms with Gasteiger partial charge in [0.05, 0.1) is 14.2 Å². The van der Waals surface area contributed by atoms with Crippen LogP contribution in [0, 0.1) is 5.92 Å². The number of benzene rings is 1. The second-order valence-electron chi connectivity index (χ2n) is 6.24. The largest absolute Gasteiger partial charge is 0.493 e. The zero-order chi connectivity index (χ0) is 14.5. The van der Waals surface area contributed by atoms with Crippen molar-refractivity contribution in [1.29, 1.82) is 0 Å². The van der Waals surface area contributed by atoms with Crippen LogP contribution in [0.1, 0.15) is 52.5 Å². The summed E-state index contributed by atoms with van der Waals surface area (Å²) in [5.41, 5.74) is 1.49. The lowest BCUT2D eigenvalue weighted by molar-refractivity contribution is 0.352. The van der Waals surface area contributed by atoms with Gasteiger partial charge in [0, 0.05) is 0 Å². The molecule has 0 aliphatic rings. The van der Waals surface area contributed by atoms with E-state index in [1.54, 1.807) is 14.2 Å². The predicted octanol–water partition coefficient (Wildman–Crippen LogP) is 4.81. The average Bonchev–Trinajstić information content (AvgIpc) is 2.37. The standard InChI is InChI=1S/C17H28O2/c1-13(2)8-7-11-17(3,4)14-9-10-15(18-5)16(12-14)19-6/h9-10,12-13H,7-8,11H2,1-6H3. The van der Waals surface area contributed by atoms with Crippen LogP contribution in [0.2, 0.25) is 0 Å². The first kappa shape index (κ1) is 15.9. The van der Waals surface area contributed by atoms with Crippen LogP contribution in [-0.2, 0) is 5.41 Å². The van der Waals surface area contributed by atoms with Crippen molar-refractivity contribution in [2.45, 2.75) is 52.4 Å². The summed E-state index contributed by atoms with van der Waals surface area (Å²) in [5, 5.41) is 0. The summed E-state index contributed by atoms with van der Waals surface area (Å²) in [7, 11) is 3.36. The summed E-state index contributed by atoms with van der Waals surface area (Å²) in [6, 6.07) is 6.25. The SMILES string of the molecule is COc1ccc(C(C)(C)CCCC(C)C)cc1OC. The molecule has 0 atom stereocenters. The van der Waals surface area contributed by atoms with Gasteiger partial charge in [-0.15, -0.1) is 0 Å². The van der Waals surface area contributed by atoms with Crippen molar-refractivity contribution in [3.05, 3.63) is 23.8 Å². The van der Waals surface area contributed by atoms with Gasteiger partial charge < -0.3 is 9.47 Å². The molecule has 0 radical (unpaired) electrons. The van der Waals surface area contributed by atoms with Crippen molar-refractivity contribution < 1.29 is 9.47 Å². The third-order valence-corrected chi connectivity index (χ3v) is 3.75. The number of rotatable bonds is 7. The van der Waals surface area contributed by atoms with Crippen LogP contribution >= 0.6 is 0 Å². The van der Waals surface area contributed by atoms with Gasteiger partial charge >= 0.3 is 0 Å². The first-order chi connectivity index (χ1) is 8.90. The Labute approximate surface area is 118 Å². The molecule has 0 N–H and O–H groups in total. The molecular weight excluding hydrogens is 236 g/mol. The van der Waals surface area contributed by atoms with E-state index in [4.69, 9.17) is 9.47 Å². The molecule has 0 aromatic heterocycles. The van der Waals surface area contributed by atoms with Crippen molar-refractivity contribution in [2.75, 3.05) is 14.2 Å². The number of methoxy groups -OCH3 is 2. The van der Waals surface area contributed by atoms with Crippen LogP contribution in [0.25, 0.3) is 0 Å². The minimum atomic E-state index is 0.175. The van der Waals surface area contributed by atoms with E-state index in [9.17, 15) is 0 Å². The summed E-state index contributed by atoms with van der Waals surface area (Å²) in [6.07, 6.45) is 3.75. The summed E-state index contributed by atoms with van der Waals surface area (Å²) in [4.78, 5) is 0. The third-order valence-electron chi connectivity index (χ3n) is 3.75. The van der Waals surface area contributed by atoms with E-state index in [2.05, 4.69) is 39.8 Å². The smallest absolute Gasteiger partial charge is 0.161 e. The van der Waals surface area contributed by atoms with Crippen LogP contribution in [0.3, 0.4) is 0 Å². The van der Waals surface area contributed by atoms with E-state index in [0.29, 0.717) is 0 Å². The van der Waals surface area contributed by atoms with E-state index in [1.807, 2.05) is 6.07 Å². The molecule has 0 unspecified atom stereocenters. The molecule has 0 bridgehead atoms. The lowest BCUT2D eigenvalue weighted by Gasteiger charge is -2.26. The molecule has 0 saturated carbocycles. The molecule has 108 valence electrons. The molecule has 0 aliphatic carbocycles. The van der Waals surface area contributed by atoms with Gasteiger partial charge in [-0.2, -0.15) is 0 Å². The van der Waals surface area contributed by atoms with Crippen molar-refractivity contribution in [2.24, 2.45) is 5.92 Å². The Balaban J connectivity index is 2.82. The highest BCUT2D eigenvalue weighted by Crippen LogP contribution is 2.35. The van der Waals surface area contributed by atoms with Gasteiger partial charge in [-0.3, -0.25) is 0 Å². The van der Waals surface area contributed by atoms with Gasteiger partial charge in [0.1, 0.15) is 0 Å². The average molecular weight is 264 g/mol. The minimum Gasteiger partial charge on any atom is -0.493 e. The fourth-order valence-electron chi connectivity index (χ4n) is 2.35. The molecule has 1 aromatic rings. The summed E-state index contributed by atoms with van der Waals surface area (Å²) in [6.45, 7) is 9.16. The van der Waals surface area contributed by atoms with Crippen molar-refractivity contribution in [3.8, 4) is 11.5 Å². The summed E-state index contributed by atoms with van der Waals surface area (Å²) >= 11 is 0. The second-order valence-corrected chi connectivity index (χ2v) is 6.24. The zero-order valence-corrected chi connectivity index (χ0v) is 13.2. The van der Waals surface area contributed by atoms with Crippen molar-refractivity contribution in [3.63, 3.8) is 0 Å². The Kier molecular flexibility index (Phi) is 5.71. The van der Waals surface area contributed by atoms with Gasteiger partial charge in [-0.25, -0.2) is 0 Å². The highest BCUT2D eigenvalue weighted by Gasteiger charge is 2.21. The quantitative estimate of drug-likeness (QED) is 0.703. The van der Waals surface area contributed by atoms with E-state index in [-0.39, 0.29) is 5.41 Å². The molecule has 0 spiro atoms. The van der Waals surface area contributed by atoms with Crippen molar-refractivity contribution in [1.82, 2.24) is 0 Å². The number of hydrogen-bond donors (Lipinski definition) is 0. The van der Waals surface area contributed by atoms with E-state index >= 15 is 0 Å². The lowest BCUT2D eigenvalue weighted by atomic mass is 9.79. The topological polar surface area (TPSA) is 18.5 Å². The van der Waals surface area contributed by atoms with Crippen LogP contribution in [-0.4, -0.2) is 14.2 Å². The summed E-state index contributed by atoms with van der Waals surface area (Å²) < 4.78 is 10.7. The van der Waals surface area contributed by atoms with Gasteiger partial charge in [0.2, 0.25) is 0 Å². The predicted molar refractivity (Wildman–Crippen MR) is 81.3 cm³/mol. The van der Waals surface area contributed by atoms with Gasteiger partial charge in [0.15, 0.2) is 11.5 Å². The Hall–Kier alpha value is -1.18. The maximum Gasteiger partial charge on any atom is 0.161 e. The number of hydrogen-bond acceptors (Lipinski definition) is 2. The fraction of sp³-hybridized carbons (Fsp3) is 0.647. The molecular formula is C17H28O2.